The van der Waals surface area contributed by atoms with E-state index in [-0.39, 0.29) is 0 Å². The summed E-state index contributed by atoms with van der Waals surface area (Å²) in [4.78, 5) is 9.30. The van der Waals surface area contributed by atoms with Crippen LogP contribution in [0.15, 0.2) is 59.6 Å². The Bertz CT molecular complexity index is 775. The van der Waals surface area contributed by atoms with Gasteiger partial charge in [-0.05, 0) is 17.7 Å². The highest BCUT2D eigenvalue weighted by molar-refractivity contribution is 5.97. The topological polar surface area (TPSA) is 49.3 Å². The van der Waals surface area contributed by atoms with Crippen LogP contribution in [0.1, 0.15) is 5.56 Å². The first-order chi connectivity index (χ1) is 13.9. The van der Waals surface area contributed by atoms with Gasteiger partial charge in [0.15, 0.2) is 5.96 Å². The summed E-state index contributed by atoms with van der Waals surface area (Å²) in [5.41, 5.74) is 3.51. The number of para-hydroxylation sites is 2. The molecule has 2 heterocycles. The minimum atomic E-state index is 0.647. The van der Waals surface area contributed by atoms with Crippen molar-refractivity contribution in [3.8, 4) is 0 Å². The van der Waals surface area contributed by atoms with Crippen LogP contribution in [-0.4, -0.2) is 63.4 Å². The third-order valence-corrected chi connectivity index (χ3v) is 5.05. The number of guanidine groups is 1. The molecule has 0 unspecified atom stereocenters. The summed E-state index contributed by atoms with van der Waals surface area (Å²) in [6.45, 7) is 7.30. The number of rotatable bonds is 7. The summed E-state index contributed by atoms with van der Waals surface area (Å²) in [6.07, 6.45) is 0. The summed E-state index contributed by atoms with van der Waals surface area (Å²) < 4.78 is 11.3. The van der Waals surface area contributed by atoms with E-state index in [9.17, 15) is 0 Å². The number of ether oxygens (including phenoxy) is 2. The van der Waals surface area contributed by atoms with E-state index in [0.717, 1.165) is 57.6 Å². The normalized spacial score (nSPS) is 16.9. The minimum Gasteiger partial charge on any atom is -0.378 e. The van der Waals surface area contributed by atoms with Crippen molar-refractivity contribution in [3.05, 3.63) is 60.2 Å². The Labute approximate surface area is 166 Å². The van der Waals surface area contributed by atoms with Crippen molar-refractivity contribution >= 4 is 17.3 Å². The van der Waals surface area contributed by atoms with Crippen LogP contribution in [0.4, 0.5) is 11.4 Å². The molecule has 0 radical (unpaired) electrons. The molecule has 0 amide bonds. The van der Waals surface area contributed by atoms with Crippen LogP contribution in [0, 0.1) is 0 Å². The van der Waals surface area contributed by atoms with Gasteiger partial charge in [0.2, 0.25) is 0 Å². The predicted molar refractivity (Wildman–Crippen MR) is 113 cm³/mol. The summed E-state index contributed by atoms with van der Waals surface area (Å²) in [5.74, 6) is 0.934. The van der Waals surface area contributed by atoms with Crippen LogP contribution in [0.5, 0.6) is 0 Å². The molecule has 0 saturated carbocycles. The summed E-state index contributed by atoms with van der Waals surface area (Å²) in [7, 11) is 0. The molecule has 6 heteroatoms. The maximum atomic E-state index is 5.85. The fourth-order valence-electron chi connectivity index (χ4n) is 3.54. The first kappa shape index (κ1) is 18.8. The van der Waals surface area contributed by atoms with Gasteiger partial charge < -0.3 is 24.6 Å². The standard InChI is InChI=1S/C22H28N4O2/c1-2-6-19(7-3-1)18-28-17-14-26-11-10-23-22(26)24-20-8-4-5-9-21(20)25-12-15-27-16-13-25/h1-9H,10-18H2,(H,23,24). The van der Waals surface area contributed by atoms with E-state index in [4.69, 9.17) is 9.47 Å². The molecule has 2 aromatic carbocycles. The first-order valence-electron chi connectivity index (χ1n) is 10.00. The Morgan fingerprint density at radius 1 is 0.964 bits per heavy atom. The highest BCUT2D eigenvalue weighted by atomic mass is 16.5. The number of hydrogen-bond acceptors (Lipinski definition) is 6. The quantitative estimate of drug-likeness (QED) is 0.749. The Kier molecular flexibility index (Phi) is 6.42. The first-order valence-corrected chi connectivity index (χ1v) is 10.00. The van der Waals surface area contributed by atoms with Gasteiger partial charge in [0.05, 0.1) is 44.3 Å². The smallest absolute Gasteiger partial charge is 0.198 e. The Balaban J connectivity index is 1.32. The molecule has 148 valence electrons. The molecule has 0 aliphatic carbocycles. The average molecular weight is 380 g/mol. The van der Waals surface area contributed by atoms with E-state index < -0.39 is 0 Å². The summed E-state index contributed by atoms with van der Waals surface area (Å²) >= 11 is 0. The van der Waals surface area contributed by atoms with Crippen molar-refractivity contribution in [2.75, 3.05) is 62.8 Å². The molecule has 6 nitrogen and oxygen atoms in total. The molecule has 2 aromatic rings. The van der Waals surface area contributed by atoms with Crippen molar-refractivity contribution in [3.63, 3.8) is 0 Å². The molecule has 4 rings (SSSR count). The van der Waals surface area contributed by atoms with Crippen LogP contribution in [0.3, 0.4) is 0 Å². The van der Waals surface area contributed by atoms with Gasteiger partial charge >= 0.3 is 0 Å². The van der Waals surface area contributed by atoms with Crippen LogP contribution < -0.4 is 10.2 Å². The third kappa shape index (κ3) is 4.82. The minimum absolute atomic E-state index is 0.647. The van der Waals surface area contributed by atoms with Gasteiger partial charge in [-0.1, -0.05) is 42.5 Å². The van der Waals surface area contributed by atoms with Crippen LogP contribution in [0.25, 0.3) is 0 Å². The molecule has 0 atom stereocenters. The number of anilines is 2. The van der Waals surface area contributed by atoms with Gasteiger partial charge in [0.25, 0.3) is 0 Å². The number of morpholine rings is 1. The van der Waals surface area contributed by atoms with Crippen molar-refractivity contribution < 1.29 is 9.47 Å². The lowest BCUT2D eigenvalue weighted by molar-refractivity contribution is 0.110. The highest BCUT2D eigenvalue weighted by Crippen LogP contribution is 2.27. The molecular formula is C22H28N4O2. The maximum absolute atomic E-state index is 5.85. The van der Waals surface area contributed by atoms with Gasteiger partial charge in [0, 0.05) is 26.2 Å². The third-order valence-electron chi connectivity index (χ3n) is 5.05. The molecule has 2 aliphatic heterocycles. The SMILES string of the molecule is c1ccc(COCCN2CCN=C2Nc2ccccc2N2CCOCC2)cc1. The highest BCUT2D eigenvalue weighted by Gasteiger charge is 2.20. The fraction of sp³-hybridized carbons (Fsp3) is 0.409. The molecule has 1 N–H and O–H groups in total. The largest absolute Gasteiger partial charge is 0.378 e. The number of nitrogens with one attached hydrogen (secondary N) is 1. The van der Waals surface area contributed by atoms with Gasteiger partial charge in [-0.3, -0.25) is 4.99 Å². The molecule has 1 saturated heterocycles. The lowest BCUT2D eigenvalue weighted by atomic mass is 10.2. The number of hydrogen-bond donors (Lipinski definition) is 1. The Hall–Kier alpha value is -2.57. The van der Waals surface area contributed by atoms with E-state index >= 15 is 0 Å². The molecule has 2 aliphatic rings. The number of benzene rings is 2. The van der Waals surface area contributed by atoms with Gasteiger partial charge in [-0.25, -0.2) is 0 Å². The van der Waals surface area contributed by atoms with Crippen LogP contribution >= 0.6 is 0 Å². The van der Waals surface area contributed by atoms with Gasteiger partial charge in [0.1, 0.15) is 0 Å². The predicted octanol–water partition coefficient (Wildman–Crippen LogP) is 2.82. The van der Waals surface area contributed by atoms with Gasteiger partial charge in [-0.2, -0.15) is 0 Å². The van der Waals surface area contributed by atoms with Crippen molar-refractivity contribution in [1.29, 1.82) is 0 Å². The Morgan fingerprint density at radius 3 is 2.61 bits per heavy atom. The summed E-state index contributed by atoms with van der Waals surface area (Å²) in [5, 5.41) is 3.55. The molecule has 0 aromatic heterocycles. The zero-order valence-corrected chi connectivity index (χ0v) is 16.2. The number of aliphatic imine (C=N–C) groups is 1. The molecule has 28 heavy (non-hydrogen) atoms. The lowest BCUT2D eigenvalue weighted by Gasteiger charge is -2.31. The maximum Gasteiger partial charge on any atom is 0.198 e. The van der Waals surface area contributed by atoms with Crippen LogP contribution in [-0.2, 0) is 16.1 Å². The second kappa shape index (κ2) is 9.57. The molecule has 1 fully saturated rings. The summed E-state index contributed by atoms with van der Waals surface area (Å²) in [6, 6.07) is 18.7. The van der Waals surface area contributed by atoms with Crippen molar-refractivity contribution in [2.45, 2.75) is 6.61 Å². The Morgan fingerprint density at radius 2 is 1.75 bits per heavy atom. The fourth-order valence-corrected chi connectivity index (χ4v) is 3.54. The number of nitrogens with zero attached hydrogens (tertiary/aromatic N) is 3. The van der Waals surface area contributed by atoms with Gasteiger partial charge in [-0.15, -0.1) is 0 Å². The lowest BCUT2D eigenvalue weighted by Crippen LogP contribution is -2.38. The molecule has 0 spiro atoms. The monoisotopic (exact) mass is 380 g/mol. The molecular weight excluding hydrogens is 352 g/mol. The van der Waals surface area contributed by atoms with Crippen LogP contribution in [0.2, 0.25) is 0 Å². The van der Waals surface area contributed by atoms with Crippen molar-refractivity contribution in [2.24, 2.45) is 4.99 Å². The van der Waals surface area contributed by atoms with E-state index in [1.807, 2.05) is 18.2 Å². The second-order valence-electron chi connectivity index (χ2n) is 6.97. The van der Waals surface area contributed by atoms with E-state index in [2.05, 4.69) is 56.5 Å². The second-order valence-corrected chi connectivity index (χ2v) is 6.97. The van der Waals surface area contributed by atoms with E-state index in [0.29, 0.717) is 13.2 Å². The van der Waals surface area contributed by atoms with E-state index in [1.165, 1.54) is 11.3 Å². The van der Waals surface area contributed by atoms with Crippen molar-refractivity contribution in [1.82, 2.24) is 4.90 Å². The zero-order chi connectivity index (χ0) is 19.0. The average Bonchev–Trinajstić information content (AvgIpc) is 3.20. The zero-order valence-electron chi connectivity index (χ0n) is 16.2. The molecule has 0 bridgehead atoms. The van der Waals surface area contributed by atoms with E-state index in [1.54, 1.807) is 0 Å².